The van der Waals surface area contributed by atoms with Crippen LogP contribution in [0.2, 0.25) is 0 Å². The summed E-state index contributed by atoms with van der Waals surface area (Å²) in [7, 11) is 0. The zero-order valence-corrected chi connectivity index (χ0v) is 20.7. The number of hydrogen-bond acceptors (Lipinski definition) is 6. The quantitative estimate of drug-likeness (QED) is 0.358. The molecule has 0 spiro atoms. The van der Waals surface area contributed by atoms with Crippen LogP contribution >= 0.6 is 11.8 Å². The molecule has 182 valence electrons. The first-order valence-electron chi connectivity index (χ1n) is 11.8. The largest absolute Gasteiger partial charge is 0.335 e. The third kappa shape index (κ3) is 5.31. The van der Waals surface area contributed by atoms with Crippen LogP contribution in [0.1, 0.15) is 35.0 Å². The highest BCUT2D eigenvalue weighted by Crippen LogP contribution is 2.37. The molecule has 0 saturated carbocycles. The maximum atomic E-state index is 13.5. The number of pyridine rings is 1. The van der Waals surface area contributed by atoms with Crippen LogP contribution in [0.4, 0.5) is 5.69 Å². The number of rotatable bonds is 8. The lowest BCUT2D eigenvalue weighted by Crippen LogP contribution is -2.26. The number of nitrogens with zero attached hydrogens (tertiary/aromatic N) is 5. The van der Waals surface area contributed by atoms with Gasteiger partial charge in [-0.15, -0.1) is 10.2 Å². The lowest BCUT2D eigenvalue weighted by Gasteiger charge is -2.19. The van der Waals surface area contributed by atoms with Gasteiger partial charge in [0.25, 0.3) is 0 Å². The fourth-order valence-electron chi connectivity index (χ4n) is 4.09. The van der Waals surface area contributed by atoms with E-state index in [1.54, 1.807) is 11.1 Å². The Balaban J connectivity index is 1.49. The Morgan fingerprint density at radius 3 is 2.50 bits per heavy atom. The summed E-state index contributed by atoms with van der Waals surface area (Å²) in [5.41, 5.74) is 2.69. The molecule has 9 heteroatoms. The number of aromatic nitrogens is 4. The molecule has 1 N–H and O–H groups in total. The van der Waals surface area contributed by atoms with E-state index in [1.165, 1.54) is 11.8 Å². The minimum atomic E-state index is -0.583. The number of carbonyl (C=O) groups is 2. The molecule has 0 unspecified atom stereocenters. The van der Waals surface area contributed by atoms with Gasteiger partial charge in [0.05, 0.1) is 6.54 Å². The minimum Gasteiger partial charge on any atom is -0.335 e. The first kappa shape index (κ1) is 23.7. The van der Waals surface area contributed by atoms with Gasteiger partial charge >= 0.3 is 0 Å². The number of anilines is 1. The molecule has 5 rings (SSSR count). The number of carbonyl (C=O) groups excluding carboxylic acids is 2. The number of nitrogens with one attached hydrogen (secondary N) is 1. The van der Waals surface area contributed by atoms with Crippen molar-refractivity contribution >= 4 is 29.3 Å². The molecule has 1 atom stereocenters. The van der Waals surface area contributed by atoms with Crippen LogP contribution in [0.5, 0.6) is 0 Å². The molecule has 1 aliphatic heterocycles. The first-order valence-corrected chi connectivity index (χ1v) is 12.7. The van der Waals surface area contributed by atoms with Gasteiger partial charge in [0.15, 0.2) is 11.0 Å². The van der Waals surface area contributed by atoms with E-state index in [4.69, 9.17) is 0 Å². The first-order chi connectivity index (χ1) is 17.6. The zero-order valence-electron chi connectivity index (χ0n) is 19.9. The molecule has 1 fully saturated rings. The smallest absolute Gasteiger partial charge is 0.242 e. The Morgan fingerprint density at radius 2 is 1.81 bits per heavy atom. The fourth-order valence-corrected chi connectivity index (χ4v) is 5.15. The number of benzene rings is 2. The van der Waals surface area contributed by atoms with Crippen LogP contribution < -0.4 is 5.32 Å². The lowest BCUT2D eigenvalue weighted by atomic mass is 10.1. The number of aryl methyl sites for hydroxylation is 1. The van der Waals surface area contributed by atoms with Gasteiger partial charge in [-0.3, -0.25) is 14.2 Å². The monoisotopic (exact) mass is 498 g/mol. The highest BCUT2D eigenvalue weighted by Gasteiger charge is 2.28. The van der Waals surface area contributed by atoms with Crippen molar-refractivity contribution in [1.29, 1.82) is 0 Å². The maximum absolute atomic E-state index is 13.5. The number of hydrogen-bond donors (Lipinski definition) is 1. The molecule has 1 aliphatic rings. The van der Waals surface area contributed by atoms with E-state index in [1.807, 2.05) is 84.3 Å². The van der Waals surface area contributed by atoms with Crippen molar-refractivity contribution in [3.63, 3.8) is 0 Å². The molecule has 1 saturated heterocycles. The SMILES string of the molecule is Cc1ccc(NC(=O)[C@H](Sc2nnc(CN3CCCC3=O)n2-c2ccccn2)c2ccccc2)cc1. The molecule has 8 nitrogen and oxygen atoms in total. The average molecular weight is 499 g/mol. The lowest BCUT2D eigenvalue weighted by molar-refractivity contribution is -0.128. The van der Waals surface area contributed by atoms with Crippen molar-refractivity contribution in [2.45, 2.75) is 36.7 Å². The van der Waals surface area contributed by atoms with E-state index in [0.29, 0.717) is 36.3 Å². The van der Waals surface area contributed by atoms with E-state index in [9.17, 15) is 9.59 Å². The van der Waals surface area contributed by atoms with Crippen molar-refractivity contribution < 1.29 is 9.59 Å². The minimum absolute atomic E-state index is 0.111. The molecule has 2 aromatic heterocycles. The highest BCUT2D eigenvalue weighted by atomic mass is 32.2. The Kier molecular flexibility index (Phi) is 7.08. The van der Waals surface area contributed by atoms with Crippen molar-refractivity contribution in [2.24, 2.45) is 0 Å². The second-order valence-corrected chi connectivity index (χ2v) is 9.68. The van der Waals surface area contributed by atoms with E-state index in [2.05, 4.69) is 20.5 Å². The topological polar surface area (TPSA) is 93.0 Å². The molecule has 36 heavy (non-hydrogen) atoms. The zero-order chi connectivity index (χ0) is 24.9. The molecule has 2 aromatic carbocycles. The van der Waals surface area contributed by atoms with Crippen LogP contribution in [-0.4, -0.2) is 43.0 Å². The van der Waals surface area contributed by atoms with Crippen molar-refractivity contribution in [3.05, 3.63) is 95.9 Å². The number of likely N-dealkylation sites (tertiary alicyclic amines) is 1. The van der Waals surface area contributed by atoms with Gasteiger partial charge in [0.1, 0.15) is 11.1 Å². The summed E-state index contributed by atoms with van der Waals surface area (Å²) in [6.07, 6.45) is 3.09. The van der Waals surface area contributed by atoms with Gasteiger partial charge in [-0.2, -0.15) is 0 Å². The second-order valence-electron chi connectivity index (χ2n) is 8.60. The Labute approximate surface area is 213 Å². The highest BCUT2D eigenvalue weighted by molar-refractivity contribution is 8.00. The summed E-state index contributed by atoms with van der Waals surface area (Å²) in [6, 6.07) is 22.9. The fraction of sp³-hybridized carbons (Fsp3) is 0.222. The van der Waals surface area contributed by atoms with E-state index >= 15 is 0 Å². The Hall–Kier alpha value is -3.98. The van der Waals surface area contributed by atoms with Gasteiger partial charge in [-0.25, -0.2) is 4.98 Å². The predicted octanol–water partition coefficient (Wildman–Crippen LogP) is 4.57. The van der Waals surface area contributed by atoms with Crippen LogP contribution in [0, 0.1) is 6.92 Å². The van der Waals surface area contributed by atoms with Gasteiger partial charge in [-0.05, 0) is 43.2 Å². The normalized spacial score (nSPS) is 14.1. The number of thioether (sulfide) groups is 1. The van der Waals surface area contributed by atoms with Gasteiger partial charge in [0, 0.05) is 24.8 Å². The Morgan fingerprint density at radius 1 is 1.03 bits per heavy atom. The molecule has 4 aromatic rings. The molecule has 0 bridgehead atoms. The summed E-state index contributed by atoms with van der Waals surface area (Å²) in [5.74, 6) is 1.19. The summed E-state index contributed by atoms with van der Waals surface area (Å²) in [5, 5.41) is 11.8. The summed E-state index contributed by atoms with van der Waals surface area (Å²) in [6.45, 7) is 3.04. The second kappa shape index (κ2) is 10.7. The number of amides is 2. The Bertz CT molecular complexity index is 1340. The molecular weight excluding hydrogens is 472 g/mol. The average Bonchev–Trinajstić information content (AvgIpc) is 3.50. The standard InChI is InChI=1S/C27H26N6O2S/c1-19-12-14-21(15-13-19)29-26(35)25(20-8-3-2-4-9-20)36-27-31-30-23(18-32-17-7-11-24(32)34)33(27)22-10-5-6-16-28-22/h2-6,8-10,12-16,25H,7,11,17-18H2,1H3,(H,29,35)/t25-/m1/s1. The molecule has 2 amide bonds. The molecule has 3 heterocycles. The maximum Gasteiger partial charge on any atom is 0.242 e. The third-order valence-corrected chi connectivity index (χ3v) is 7.16. The van der Waals surface area contributed by atoms with Crippen LogP contribution in [0.15, 0.2) is 84.1 Å². The van der Waals surface area contributed by atoms with E-state index in [0.717, 1.165) is 23.2 Å². The van der Waals surface area contributed by atoms with Crippen molar-refractivity contribution in [1.82, 2.24) is 24.6 Å². The van der Waals surface area contributed by atoms with Crippen LogP contribution in [0.3, 0.4) is 0 Å². The van der Waals surface area contributed by atoms with Crippen molar-refractivity contribution in [2.75, 3.05) is 11.9 Å². The van der Waals surface area contributed by atoms with Gasteiger partial charge in [-0.1, -0.05) is 65.9 Å². The summed E-state index contributed by atoms with van der Waals surface area (Å²) < 4.78 is 1.84. The van der Waals surface area contributed by atoms with Gasteiger partial charge in [0.2, 0.25) is 11.8 Å². The predicted molar refractivity (Wildman–Crippen MR) is 139 cm³/mol. The molecule has 0 aliphatic carbocycles. The van der Waals surface area contributed by atoms with E-state index < -0.39 is 5.25 Å². The van der Waals surface area contributed by atoms with Gasteiger partial charge < -0.3 is 10.2 Å². The third-order valence-electron chi connectivity index (χ3n) is 5.97. The van der Waals surface area contributed by atoms with E-state index in [-0.39, 0.29) is 11.8 Å². The summed E-state index contributed by atoms with van der Waals surface area (Å²) >= 11 is 1.31. The summed E-state index contributed by atoms with van der Waals surface area (Å²) in [4.78, 5) is 32.1. The molecule has 0 radical (unpaired) electrons. The van der Waals surface area contributed by atoms with Crippen LogP contribution in [-0.2, 0) is 16.1 Å². The van der Waals surface area contributed by atoms with Crippen LogP contribution in [0.25, 0.3) is 5.82 Å². The molecular formula is C27H26N6O2S. The van der Waals surface area contributed by atoms with Crippen molar-refractivity contribution in [3.8, 4) is 5.82 Å².